The number of aromatic nitrogens is 4. The minimum atomic E-state index is 0.0916. The van der Waals surface area contributed by atoms with Gasteiger partial charge < -0.3 is 4.90 Å². The normalized spacial score (nSPS) is 23.2. The van der Waals surface area contributed by atoms with Crippen molar-refractivity contribution in [3.8, 4) is 0 Å². The van der Waals surface area contributed by atoms with E-state index in [1.807, 2.05) is 33.3 Å². The van der Waals surface area contributed by atoms with Crippen molar-refractivity contribution < 1.29 is 4.79 Å². The summed E-state index contributed by atoms with van der Waals surface area (Å²) in [6, 6.07) is 0. The number of carbonyl (C=O) groups excluding carboxylic acids is 1. The van der Waals surface area contributed by atoms with Gasteiger partial charge in [-0.3, -0.25) is 14.3 Å². The van der Waals surface area contributed by atoms with Crippen LogP contribution in [0.15, 0.2) is 24.0 Å². The van der Waals surface area contributed by atoms with E-state index in [2.05, 4.69) is 15.2 Å². The van der Waals surface area contributed by atoms with Gasteiger partial charge in [-0.05, 0) is 31.2 Å². The number of nitrogens with one attached hydrogen (secondary N) is 1. The molecule has 0 aromatic carbocycles. The topological polar surface area (TPSA) is 66.3 Å². The summed E-state index contributed by atoms with van der Waals surface area (Å²) in [6.07, 6.45) is 10.7. The number of fused-ring (bicyclic) bond motifs is 3. The van der Waals surface area contributed by atoms with E-state index in [0.29, 0.717) is 6.42 Å². The highest BCUT2D eigenvalue weighted by Gasteiger charge is 2.44. The molecular weight excluding hydrogens is 322 g/mol. The molecule has 4 heterocycles. The molecule has 2 aliphatic rings. The Hall–Kier alpha value is -2.15. The standard InChI is InChI=1S/C17H19N5OS/c23-14(8-13-10-21-6-7-24-16(21)19-13)22-5-1-3-17(11-22)4-2-12-9-18-20-15(12)17/h6-7,9-10H,1-5,8,11H2,(H,18,20). The van der Waals surface area contributed by atoms with Crippen LogP contribution in [-0.4, -0.2) is 43.5 Å². The maximum atomic E-state index is 12.8. The van der Waals surface area contributed by atoms with Gasteiger partial charge >= 0.3 is 0 Å². The first-order valence-corrected chi connectivity index (χ1v) is 9.33. The van der Waals surface area contributed by atoms with E-state index in [0.717, 1.165) is 49.4 Å². The van der Waals surface area contributed by atoms with Crippen molar-refractivity contribution in [3.63, 3.8) is 0 Å². The lowest BCUT2D eigenvalue weighted by Crippen LogP contribution is -2.48. The van der Waals surface area contributed by atoms with Crippen LogP contribution in [0, 0.1) is 0 Å². The van der Waals surface area contributed by atoms with E-state index in [9.17, 15) is 4.79 Å². The zero-order valence-electron chi connectivity index (χ0n) is 13.4. The molecule has 1 amide bonds. The molecule has 0 bridgehead atoms. The molecule has 1 aliphatic heterocycles. The fourth-order valence-corrected chi connectivity index (χ4v) is 5.06. The van der Waals surface area contributed by atoms with Gasteiger partial charge in [-0.1, -0.05) is 0 Å². The van der Waals surface area contributed by atoms with Crippen LogP contribution in [0.25, 0.3) is 4.96 Å². The SMILES string of the molecule is O=C(Cc1cn2ccsc2n1)N1CCCC2(CCc3cn[nH]c32)C1. The van der Waals surface area contributed by atoms with Crippen molar-refractivity contribution in [2.75, 3.05) is 13.1 Å². The molecule has 0 saturated carbocycles. The van der Waals surface area contributed by atoms with E-state index in [1.165, 1.54) is 11.3 Å². The van der Waals surface area contributed by atoms with Crippen molar-refractivity contribution in [3.05, 3.63) is 40.9 Å². The average molecular weight is 341 g/mol. The van der Waals surface area contributed by atoms with Gasteiger partial charge in [-0.2, -0.15) is 5.10 Å². The van der Waals surface area contributed by atoms with E-state index in [4.69, 9.17) is 0 Å². The van der Waals surface area contributed by atoms with Gasteiger partial charge in [0, 0.05) is 42.0 Å². The Morgan fingerprint density at radius 2 is 2.38 bits per heavy atom. The quantitative estimate of drug-likeness (QED) is 0.777. The fraction of sp³-hybridized carbons (Fsp3) is 0.471. The number of likely N-dealkylation sites (tertiary alicyclic amines) is 1. The molecule has 124 valence electrons. The molecule has 6 nitrogen and oxygen atoms in total. The number of nitrogens with zero attached hydrogens (tertiary/aromatic N) is 4. The van der Waals surface area contributed by atoms with Crippen molar-refractivity contribution in [2.24, 2.45) is 0 Å². The van der Waals surface area contributed by atoms with Gasteiger partial charge in [0.15, 0.2) is 4.96 Å². The Kier molecular flexibility index (Phi) is 3.06. The van der Waals surface area contributed by atoms with Gasteiger partial charge in [0.1, 0.15) is 0 Å². The number of amides is 1. The number of hydrogen-bond acceptors (Lipinski definition) is 4. The van der Waals surface area contributed by atoms with Crippen LogP contribution in [0.4, 0.5) is 0 Å². The zero-order valence-corrected chi connectivity index (χ0v) is 14.2. The van der Waals surface area contributed by atoms with Gasteiger partial charge in [-0.25, -0.2) is 4.98 Å². The molecule has 5 rings (SSSR count). The highest BCUT2D eigenvalue weighted by molar-refractivity contribution is 7.15. The summed E-state index contributed by atoms with van der Waals surface area (Å²) in [5, 5.41) is 9.41. The fourth-order valence-electron chi connectivity index (χ4n) is 4.34. The number of piperidine rings is 1. The molecule has 1 spiro atoms. The Balaban J connectivity index is 1.35. The summed E-state index contributed by atoms with van der Waals surface area (Å²) in [5.41, 5.74) is 3.55. The largest absolute Gasteiger partial charge is 0.341 e. The third kappa shape index (κ3) is 2.11. The molecular formula is C17H19N5OS. The molecule has 1 fully saturated rings. The van der Waals surface area contributed by atoms with Crippen molar-refractivity contribution in [1.82, 2.24) is 24.5 Å². The summed E-state index contributed by atoms with van der Waals surface area (Å²) in [4.78, 5) is 20.3. The third-order valence-corrected chi connectivity index (χ3v) is 6.30. The van der Waals surface area contributed by atoms with Crippen LogP contribution >= 0.6 is 11.3 Å². The van der Waals surface area contributed by atoms with E-state index in [-0.39, 0.29) is 11.3 Å². The number of imidazole rings is 1. The second kappa shape index (κ2) is 5.17. The van der Waals surface area contributed by atoms with Crippen LogP contribution in [0.3, 0.4) is 0 Å². The lowest BCUT2D eigenvalue weighted by molar-refractivity contribution is -0.132. The monoisotopic (exact) mass is 341 g/mol. The smallest absolute Gasteiger partial charge is 0.228 e. The average Bonchev–Trinajstić information content (AvgIpc) is 3.31. The summed E-state index contributed by atoms with van der Waals surface area (Å²) in [7, 11) is 0. The molecule has 3 aromatic rings. The number of H-pyrrole nitrogens is 1. The Morgan fingerprint density at radius 3 is 3.29 bits per heavy atom. The molecule has 0 radical (unpaired) electrons. The van der Waals surface area contributed by atoms with Crippen LogP contribution in [0.2, 0.25) is 0 Å². The number of aryl methyl sites for hydroxylation is 1. The lowest BCUT2D eigenvalue weighted by atomic mass is 9.77. The minimum Gasteiger partial charge on any atom is -0.341 e. The number of thiazole rings is 1. The van der Waals surface area contributed by atoms with Crippen LogP contribution in [-0.2, 0) is 23.1 Å². The summed E-state index contributed by atoms with van der Waals surface area (Å²) >= 11 is 1.60. The molecule has 1 unspecified atom stereocenters. The predicted octanol–water partition coefficient (Wildman–Crippen LogP) is 2.17. The first-order valence-electron chi connectivity index (χ1n) is 8.45. The van der Waals surface area contributed by atoms with Crippen LogP contribution < -0.4 is 0 Å². The molecule has 1 aliphatic carbocycles. The molecule has 7 heteroatoms. The molecule has 24 heavy (non-hydrogen) atoms. The Labute approximate surface area is 143 Å². The van der Waals surface area contributed by atoms with Gasteiger partial charge in [-0.15, -0.1) is 11.3 Å². The summed E-state index contributed by atoms with van der Waals surface area (Å²) in [6.45, 7) is 1.66. The highest BCUT2D eigenvalue weighted by atomic mass is 32.1. The summed E-state index contributed by atoms with van der Waals surface area (Å²) in [5.74, 6) is 0.188. The van der Waals surface area contributed by atoms with Gasteiger partial charge in [0.25, 0.3) is 0 Å². The van der Waals surface area contributed by atoms with Gasteiger partial charge in [0.2, 0.25) is 5.91 Å². The second-order valence-corrected chi connectivity index (χ2v) is 7.84. The molecule has 1 atom stereocenters. The van der Waals surface area contributed by atoms with E-state index >= 15 is 0 Å². The van der Waals surface area contributed by atoms with Crippen molar-refractivity contribution in [1.29, 1.82) is 0 Å². The lowest BCUT2D eigenvalue weighted by Gasteiger charge is -2.40. The Morgan fingerprint density at radius 1 is 1.42 bits per heavy atom. The number of rotatable bonds is 2. The number of hydrogen-bond donors (Lipinski definition) is 1. The predicted molar refractivity (Wildman–Crippen MR) is 91.2 cm³/mol. The van der Waals surface area contributed by atoms with E-state index in [1.54, 1.807) is 11.3 Å². The highest BCUT2D eigenvalue weighted by Crippen LogP contribution is 2.43. The third-order valence-electron chi connectivity index (χ3n) is 5.53. The minimum absolute atomic E-state index is 0.0916. The maximum absolute atomic E-state index is 12.8. The molecule has 3 aromatic heterocycles. The number of aromatic amines is 1. The van der Waals surface area contributed by atoms with Crippen LogP contribution in [0.1, 0.15) is 36.2 Å². The molecule has 1 saturated heterocycles. The van der Waals surface area contributed by atoms with Crippen molar-refractivity contribution in [2.45, 2.75) is 37.5 Å². The Bertz CT molecular complexity index is 881. The second-order valence-electron chi connectivity index (χ2n) is 6.97. The first-order chi connectivity index (χ1) is 11.7. The zero-order chi connectivity index (χ0) is 16.1. The van der Waals surface area contributed by atoms with Crippen LogP contribution in [0.5, 0.6) is 0 Å². The van der Waals surface area contributed by atoms with E-state index < -0.39 is 0 Å². The van der Waals surface area contributed by atoms with Crippen molar-refractivity contribution >= 4 is 22.2 Å². The van der Waals surface area contributed by atoms with Gasteiger partial charge in [0.05, 0.1) is 18.3 Å². The first kappa shape index (κ1) is 14.2. The number of carbonyl (C=O) groups is 1. The summed E-state index contributed by atoms with van der Waals surface area (Å²) < 4.78 is 1.98. The molecule has 1 N–H and O–H groups in total. The maximum Gasteiger partial charge on any atom is 0.228 e.